The highest BCUT2D eigenvalue weighted by molar-refractivity contribution is 7.13. The van der Waals surface area contributed by atoms with Crippen LogP contribution in [0.4, 0.5) is 0 Å². The molecule has 5 aliphatic rings. The number of aliphatic hydroxyl groups is 1. The van der Waals surface area contributed by atoms with Gasteiger partial charge in [-0.2, -0.15) is 4.98 Å². The zero-order valence-corrected chi connectivity index (χ0v) is 46.1. The summed E-state index contributed by atoms with van der Waals surface area (Å²) in [5.74, 6) is 0.206. The summed E-state index contributed by atoms with van der Waals surface area (Å²) in [4.78, 5) is 68.2. The summed E-state index contributed by atoms with van der Waals surface area (Å²) < 4.78 is 9.42. The summed E-state index contributed by atoms with van der Waals surface area (Å²) in [5.41, 5.74) is 8.80. The Bertz CT molecular complexity index is 3220. The zero-order chi connectivity index (χ0) is 53.8. The fourth-order valence-electron chi connectivity index (χ4n) is 13.6. The molecule has 406 valence electrons. The summed E-state index contributed by atoms with van der Waals surface area (Å²) in [6, 6.07) is 17.9. The number of fused-ring (bicyclic) bond motifs is 7. The van der Waals surface area contributed by atoms with Gasteiger partial charge in [-0.3, -0.25) is 19.0 Å². The molecule has 2 amide bonds. The number of amides is 2. The average molecular weight is 1080 g/mol. The molecule has 0 bridgehead atoms. The van der Waals surface area contributed by atoms with Crippen molar-refractivity contribution in [3.8, 4) is 16.1 Å². The van der Waals surface area contributed by atoms with Crippen LogP contribution in [0.2, 0.25) is 5.02 Å². The van der Waals surface area contributed by atoms with Crippen molar-refractivity contribution in [1.82, 2.24) is 44.6 Å². The molecule has 4 fully saturated rings. The van der Waals surface area contributed by atoms with E-state index in [-0.39, 0.29) is 42.4 Å². The number of ether oxygens (including phenoxy) is 1. The minimum Gasteiger partial charge on any atom is -0.480 e. The highest BCUT2D eigenvalue weighted by Gasteiger charge is 2.48. The van der Waals surface area contributed by atoms with Crippen LogP contribution in [0.15, 0.2) is 77.2 Å². The van der Waals surface area contributed by atoms with Crippen LogP contribution in [0.3, 0.4) is 0 Å². The Kier molecular flexibility index (Phi) is 15.0. The number of carbonyl (C=O) groups is 3. The number of rotatable bonds is 14. The number of β-amino-alcohol motifs (C(OH)–C–C–N with tert-alkyl or cyclic N) is 1. The molecule has 4 atom stereocenters. The topological polar surface area (TPSA) is 198 Å². The van der Waals surface area contributed by atoms with E-state index in [0.717, 1.165) is 123 Å². The third-order valence-electron chi connectivity index (χ3n) is 17.5. The van der Waals surface area contributed by atoms with E-state index < -0.39 is 48.1 Å². The molecule has 3 aliphatic heterocycles. The maximum Gasteiger partial charge on any atom is 0.329 e. The number of hydrogen-bond acceptors (Lipinski definition) is 12. The molecule has 18 heteroatoms. The number of piperidine rings is 1. The Balaban J connectivity index is 0.714. The van der Waals surface area contributed by atoms with Gasteiger partial charge in [0.2, 0.25) is 11.8 Å². The second-order valence-corrected chi connectivity index (χ2v) is 24.8. The predicted octanol–water partition coefficient (Wildman–Crippen LogP) is 9.29. The molecule has 77 heavy (non-hydrogen) atoms. The van der Waals surface area contributed by atoms with Crippen LogP contribution in [0.1, 0.15) is 156 Å². The highest BCUT2D eigenvalue weighted by Crippen LogP contribution is 2.52. The number of hydrogen-bond donors (Lipinski definition) is 3. The third kappa shape index (κ3) is 10.5. The number of carboxylic acids is 1. The molecule has 3 aromatic heterocycles. The van der Waals surface area contributed by atoms with Crippen LogP contribution >= 0.6 is 22.9 Å². The fourth-order valence-corrected chi connectivity index (χ4v) is 14.6. The summed E-state index contributed by atoms with van der Waals surface area (Å²) in [6.45, 7) is 10.4. The zero-order valence-electron chi connectivity index (χ0n) is 44.5. The van der Waals surface area contributed by atoms with E-state index in [2.05, 4.69) is 48.3 Å². The Morgan fingerprint density at radius 1 is 0.961 bits per heavy atom. The number of aliphatic carboxylic acids is 1. The van der Waals surface area contributed by atoms with Crippen molar-refractivity contribution in [3.05, 3.63) is 122 Å². The maximum absolute atomic E-state index is 14.8. The number of aryl methyl sites for hydroxylation is 1. The van der Waals surface area contributed by atoms with Gasteiger partial charge in [0, 0.05) is 31.6 Å². The number of benzene rings is 3. The van der Waals surface area contributed by atoms with E-state index in [4.69, 9.17) is 21.3 Å². The largest absolute Gasteiger partial charge is 0.480 e. The van der Waals surface area contributed by atoms with Crippen molar-refractivity contribution in [2.45, 2.75) is 146 Å². The van der Waals surface area contributed by atoms with Gasteiger partial charge < -0.3 is 30.1 Å². The van der Waals surface area contributed by atoms with Crippen LogP contribution in [-0.2, 0) is 24.5 Å². The summed E-state index contributed by atoms with van der Waals surface area (Å²) >= 11 is 8.18. The number of carboxylic acid groups (broad SMARTS) is 1. The Hall–Kier alpha value is -5.85. The van der Waals surface area contributed by atoms with Crippen LogP contribution in [0, 0.1) is 18.3 Å². The lowest BCUT2D eigenvalue weighted by Crippen LogP contribution is -2.51. The molecule has 3 N–H and O–H groups in total. The average Bonchev–Trinajstić information content (AvgIpc) is 4.41. The molecule has 2 saturated heterocycles. The number of carbonyl (C=O) groups excluding carboxylic acids is 2. The monoisotopic (exact) mass is 1080 g/mol. The van der Waals surface area contributed by atoms with Gasteiger partial charge in [-0.15, -0.1) is 16.4 Å². The quantitative estimate of drug-likeness (QED) is 0.0936. The van der Waals surface area contributed by atoms with Gasteiger partial charge in [-0.1, -0.05) is 99.3 Å². The molecule has 2 saturated carbocycles. The van der Waals surface area contributed by atoms with Crippen molar-refractivity contribution in [1.29, 1.82) is 0 Å². The Morgan fingerprint density at radius 2 is 1.71 bits per heavy atom. The number of aromatic nitrogens is 6. The highest BCUT2D eigenvalue weighted by atomic mass is 35.5. The van der Waals surface area contributed by atoms with Crippen LogP contribution in [0.5, 0.6) is 0 Å². The SMILES string of the molecule is Cc1ncsc1-c1ccc([C@H](COCC(=O)O)NC(=O)[C@@H]2C[C@@H](O)CN2C(=O)[C@@H](n2cc(C3CCC(CN4CCC(c5ccc6c(c5)-n5c(nc(=O)c7c(Cl)cccc75)C65CCCCC5)CC4)CC3)nn2)C(C)(C)C)cc1. The van der Waals surface area contributed by atoms with E-state index in [1.54, 1.807) is 16.3 Å². The first-order chi connectivity index (χ1) is 37.1. The predicted molar refractivity (Wildman–Crippen MR) is 296 cm³/mol. The lowest BCUT2D eigenvalue weighted by molar-refractivity contribution is -0.145. The molecule has 6 heterocycles. The van der Waals surface area contributed by atoms with Gasteiger partial charge in [0.1, 0.15) is 24.5 Å². The van der Waals surface area contributed by atoms with E-state index in [0.29, 0.717) is 27.8 Å². The summed E-state index contributed by atoms with van der Waals surface area (Å²) in [7, 11) is 0. The second kappa shape index (κ2) is 21.8. The molecule has 0 radical (unpaired) electrons. The summed E-state index contributed by atoms with van der Waals surface area (Å²) in [5, 5.41) is 33.5. The van der Waals surface area contributed by atoms with Gasteiger partial charge in [0.15, 0.2) is 0 Å². The van der Waals surface area contributed by atoms with Gasteiger partial charge in [-0.05, 0) is 129 Å². The maximum atomic E-state index is 14.8. The number of nitrogens with zero attached hydrogens (tertiary/aromatic N) is 8. The molecule has 6 aromatic rings. The molecule has 1 spiro atoms. The molecule has 0 unspecified atom stereocenters. The number of likely N-dealkylation sites (tertiary alicyclic amines) is 2. The number of thiazole rings is 1. The van der Waals surface area contributed by atoms with Gasteiger partial charge in [-0.25, -0.2) is 14.5 Å². The summed E-state index contributed by atoms with van der Waals surface area (Å²) in [6.07, 6.45) is 12.8. The van der Waals surface area contributed by atoms with E-state index in [9.17, 15) is 29.4 Å². The molecule has 2 aliphatic carbocycles. The number of aliphatic hydroxyl groups excluding tert-OH is 1. The number of halogens is 1. The number of nitrogens with one attached hydrogen (secondary N) is 1. The normalized spacial score (nSPS) is 22.5. The molecular formula is C59H70ClN9O7S. The second-order valence-electron chi connectivity index (χ2n) is 23.6. The van der Waals surface area contributed by atoms with E-state index >= 15 is 0 Å². The van der Waals surface area contributed by atoms with Crippen molar-refractivity contribution < 1.29 is 29.3 Å². The lowest BCUT2D eigenvalue weighted by Gasteiger charge is -2.37. The van der Waals surface area contributed by atoms with Crippen LogP contribution in [-0.4, -0.2) is 119 Å². The van der Waals surface area contributed by atoms with Crippen molar-refractivity contribution in [2.75, 3.05) is 39.4 Å². The van der Waals surface area contributed by atoms with Gasteiger partial charge in [0.05, 0.1) is 67.6 Å². The molecule has 11 rings (SSSR count). The lowest BCUT2D eigenvalue weighted by atomic mass is 9.69. The smallest absolute Gasteiger partial charge is 0.329 e. The van der Waals surface area contributed by atoms with Gasteiger partial charge >= 0.3 is 5.97 Å². The van der Waals surface area contributed by atoms with Crippen molar-refractivity contribution in [3.63, 3.8) is 0 Å². The van der Waals surface area contributed by atoms with Gasteiger partial charge in [0.25, 0.3) is 5.56 Å². The van der Waals surface area contributed by atoms with Crippen molar-refractivity contribution >= 4 is 51.6 Å². The Labute approximate surface area is 458 Å². The van der Waals surface area contributed by atoms with E-state index in [1.807, 2.05) is 70.3 Å². The molecular weight excluding hydrogens is 1010 g/mol. The third-order valence-corrected chi connectivity index (χ3v) is 18.8. The van der Waals surface area contributed by atoms with Crippen molar-refractivity contribution in [2.24, 2.45) is 11.3 Å². The standard InChI is InChI=1S/C59H70ClN9O7S/c1-35-52(77-34-61-35)40-17-15-39(16-18-40)46(32-76-33-50(71)72)62-54(73)49-28-42(70)30-67(49)56(75)53(58(2,3)4)68-31-45(64-65-68)38-13-11-36(12-14-38)29-66-25-21-37(22-26-66)41-19-20-43-48(27-41)69-47-10-8-9-44(60)51(47)55(74)63-57(69)59(43)23-6-5-7-24-59/h8-10,15-20,27,31,34,36-38,42,46,49,53,70H,5-7,11-14,21-26,28-30,32-33H2,1-4H3,(H,62,73)(H,71,72)/t36?,38?,42-,46+,49+,53-/m1/s1. The molecule has 16 nitrogen and oxygen atoms in total. The van der Waals surface area contributed by atoms with E-state index in [1.165, 1.54) is 33.8 Å². The molecule has 3 aromatic carbocycles. The van der Waals surface area contributed by atoms with Crippen LogP contribution < -0.4 is 10.9 Å². The minimum atomic E-state index is -1.13. The Morgan fingerprint density at radius 3 is 2.42 bits per heavy atom. The first kappa shape index (κ1) is 53.2. The minimum absolute atomic E-state index is 0.0186. The fraction of sp³-hybridized carbons (Fsp3) is 0.525. The van der Waals surface area contributed by atoms with Crippen LogP contribution in [0.25, 0.3) is 27.0 Å². The first-order valence-electron chi connectivity index (χ1n) is 27.7. The first-order valence-corrected chi connectivity index (χ1v) is 28.9.